The van der Waals surface area contributed by atoms with Crippen molar-refractivity contribution in [2.45, 2.75) is 18.8 Å². The van der Waals surface area contributed by atoms with Gasteiger partial charge in [0.15, 0.2) is 0 Å². The number of nitrogens with one attached hydrogen (secondary N) is 1. The van der Waals surface area contributed by atoms with Crippen LogP contribution in [0, 0.1) is 0 Å². The van der Waals surface area contributed by atoms with Gasteiger partial charge in [0.25, 0.3) is 5.91 Å². The first kappa shape index (κ1) is 11.4. The number of carbonyl (C=O) groups is 1. The van der Waals surface area contributed by atoms with Gasteiger partial charge in [-0.15, -0.1) is 11.6 Å². The number of amides is 1. The topological polar surface area (TPSA) is 69.6 Å². The third kappa shape index (κ3) is 1.91. The number of aliphatic hydroxyl groups excluding tert-OH is 2. The van der Waals surface area contributed by atoms with Gasteiger partial charge in [0.2, 0.25) is 0 Å². The minimum absolute atomic E-state index is 0.0511. The van der Waals surface area contributed by atoms with Crippen molar-refractivity contribution in [2.24, 2.45) is 0 Å². The van der Waals surface area contributed by atoms with Crippen molar-refractivity contribution in [2.75, 3.05) is 5.88 Å². The number of carbonyl (C=O) groups excluding carboxylic acids is 1. The molecule has 3 N–H and O–H groups in total. The van der Waals surface area contributed by atoms with E-state index < -0.39 is 12.2 Å². The molecule has 0 saturated carbocycles. The van der Waals surface area contributed by atoms with Gasteiger partial charge in [-0.1, -0.05) is 12.1 Å². The van der Waals surface area contributed by atoms with Crippen LogP contribution in [-0.2, 0) is 6.54 Å². The summed E-state index contributed by atoms with van der Waals surface area (Å²) in [5.74, 6) is -0.200. The van der Waals surface area contributed by atoms with Crippen molar-refractivity contribution < 1.29 is 15.0 Å². The number of rotatable bonds is 3. The summed E-state index contributed by atoms with van der Waals surface area (Å²) in [6.45, 7) is 0.516. The summed E-state index contributed by atoms with van der Waals surface area (Å²) in [6.07, 6.45) is -2.08. The van der Waals surface area contributed by atoms with Crippen LogP contribution in [0.1, 0.15) is 27.6 Å². The lowest BCUT2D eigenvalue weighted by Gasteiger charge is -2.16. The second-order valence-electron chi connectivity index (χ2n) is 3.77. The van der Waals surface area contributed by atoms with Gasteiger partial charge in [-0.2, -0.15) is 0 Å². The number of halogens is 1. The second kappa shape index (κ2) is 4.41. The van der Waals surface area contributed by atoms with E-state index in [1.54, 1.807) is 18.2 Å². The molecule has 2 rings (SSSR count). The maximum absolute atomic E-state index is 11.4. The first-order valence-electron chi connectivity index (χ1n) is 4.96. The number of alkyl halides is 1. The average Bonchev–Trinajstić information content (AvgIpc) is 2.68. The number of benzene rings is 1. The molecule has 0 aliphatic carbocycles. The Morgan fingerprint density at radius 2 is 2.19 bits per heavy atom. The number of aliphatic hydroxyl groups is 2. The summed E-state index contributed by atoms with van der Waals surface area (Å²) >= 11 is 5.45. The molecule has 1 aromatic rings. The van der Waals surface area contributed by atoms with Gasteiger partial charge in [0, 0.05) is 12.1 Å². The molecule has 86 valence electrons. The van der Waals surface area contributed by atoms with E-state index in [2.05, 4.69) is 5.32 Å². The fraction of sp³-hybridized carbons (Fsp3) is 0.364. The highest BCUT2D eigenvalue weighted by atomic mass is 35.5. The van der Waals surface area contributed by atoms with Gasteiger partial charge in [0.1, 0.15) is 6.10 Å². The standard InChI is InChI=1S/C11H12ClNO3/c12-4-9(14)10(15)6-1-2-7-5-13-11(16)8(7)3-6/h1-3,9-10,14-15H,4-5H2,(H,13,16). The van der Waals surface area contributed by atoms with Crippen molar-refractivity contribution in [1.82, 2.24) is 5.32 Å². The number of hydrogen-bond acceptors (Lipinski definition) is 3. The summed E-state index contributed by atoms with van der Waals surface area (Å²) in [4.78, 5) is 11.4. The zero-order valence-electron chi connectivity index (χ0n) is 8.48. The Kier molecular flexibility index (Phi) is 3.14. The predicted octanol–water partition coefficient (Wildman–Crippen LogP) is 0.563. The van der Waals surface area contributed by atoms with Crippen LogP contribution in [-0.4, -0.2) is 28.1 Å². The molecule has 1 amide bonds. The van der Waals surface area contributed by atoms with Crippen molar-refractivity contribution in [3.8, 4) is 0 Å². The monoisotopic (exact) mass is 241 g/mol. The Hall–Kier alpha value is -1.10. The van der Waals surface area contributed by atoms with Crippen LogP contribution in [0.2, 0.25) is 0 Å². The Morgan fingerprint density at radius 1 is 1.44 bits per heavy atom. The lowest BCUT2D eigenvalue weighted by atomic mass is 10.00. The molecule has 1 aliphatic rings. The van der Waals surface area contributed by atoms with Gasteiger partial charge in [-0.3, -0.25) is 4.79 Å². The molecular weight excluding hydrogens is 230 g/mol. The smallest absolute Gasteiger partial charge is 0.251 e. The van der Waals surface area contributed by atoms with Gasteiger partial charge < -0.3 is 15.5 Å². The maximum Gasteiger partial charge on any atom is 0.251 e. The number of hydrogen-bond donors (Lipinski definition) is 3. The Labute approximate surface area is 97.9 Å². The van der Waals surface area contributed by atoms with Gasteiger partial charge in [-0.25, -0.2) is 0 Å². The molecule has 4 nitrogen and oxygen atoms in total. The molecular formula is C11H12ClNO3. The zero-order chi connectivity index (χ0) is 11.7. The van der Waals surface area contributed by atoms with Crippen LogP contribution in [0.25, 0.3) is 0 Å². The van der Waals surface area contributed by atoms with Crippen molar-refractivity contribution in [3.05, 3.63) is 34.9 Å². The van der Waals surface area contributed by atoms with Crippen molar-refractivity contribution >= 4 is 17.5 Å². The Morgan fingerprint density at radius 3 is 2.88 bits per heavy atom. The number of fused-ring (bicyclic) bond motifs is 1. The predicted molar refractivity (Wildman–Crippen MR) is 59.3 cm³/mol. The van der Waals surface area contributed by atoms with E-state index in [1.807, 2.05) is 0 Å². The molecule has 0 saturated heterocycles. The molecule has 0 fully saturated rings. The molecule has 2 atom stereocenters. The lowest BCUT2D eigenvalue weighted by molar-refractivity contribution is 0.0327. The summed E-state index contributed by atoms with van der Waals surface area (Å²) in [5, 5.41) is 21.8. The zero-order valence-corrected chi connectivity index (χ0v) is 9.24. The average molecular weight is 242 g/mol. The maximum atomic E-state index is 11.4. The highest BCUT2D eigenvalue weighted by Crippen LogP contribution is 2.23. The minimum Gasteiger partial charge on any atom is -0.389 e. The van der Waals surface area contributed by atoms with E-state index in [-0.39, 0.29) is 11.8 Å². The first-order valence-corrected chi connectivity index (χ1v) is 5.50. The van der Waals surface area contributed by atoms with Gasteiger partial charge in [0.05, 0.1) is 12.0 Å². The van der Waals surface area contributed by atoms with Crippen molar-refractivity contribution in [3.63, 3.8) is 0 Å². The summed E-state index contributed by atoms with van der Waals surface area (Å²) in [5.41, 5.74) is 1.96. The molecule has 0 spiro atoms. The van der Waals surface area contributed by atoms with Crippen LogP contribution < -0.4 is 5.32 Å². The molecule has 0 aromatic heterocycles. The quantitative estimate of drug-likeness (QED) is 0.678. The summed E-state index contributed by atoms with van der Waals surface area (Å²) < 4.78 is 0. The van der Waals surface area contributed by atoms with Crippen LogP contribution in [0.15, 0.2) is 18.2 Å². The van der Waals surface area contributed by atoms with E-state index in [0.29, 0.717) is 17.7 Å². The van der Waals surface area contributed by atoms with E-state index in [1.165, 1.54) is 0 Å². The molecule has 1 aliphatic heterocycles. The van der Waals surface area contributed by atoms with E-state index >= 15 is 0 Å². The Bertz CT molecular complexity index is 422. The normalized spacial score (nSPS) is 17.8. The molecule has 2 unspecified atom stereocenters. The third-order valence-corrected chi connectivity index (χ3v) is 3.00. The molecule has 1 heterocycles. The molecule has 5 heteroatoms. The summed E-state index contributed by atoms with van der Waals surface area (Å²) in [6, 6.07) is 5.06. The van der Waals surface area contributed by atoms with Crippen LogP contribution >= 0.6 is 11.6 Å². The summed E-state index contributed by atoms with van der Waals surface area (Å²) in [7, 11) is 0. The third-order valence-electron chi connectivity index (χ3n) is 2.68. The SMILES string of the molecule is O=C1NCc2ccc(C(O)C(O)CCl)cc21. The molecule has 0 radical (unpaired) electrons. The minimum atomic E-state index is -1.06. The second-order valence-corrected chi connectivity index (χ2v) is 4.07. The highest BCUT2D eigenvalue weighted by molar-refractivity contribution is 6.18. The molecule has 16 heavy (non-hydrogen) atoms. The van der Waals surface area contributed by atoms with Crippen LogP contribution in [0.4, 0.5) is 0 Å². The largest absolute Gasteiger partial charge is 0.389 e. The van der Waals surface area contributed by atoms with E-state index in [4.69, 9.17) is 11.6 Å². The molecule has 1 aromatic carbocycles. The lowest BCUT2D eigenvalue weighted by Crippen LogP contribution is -2.20. The van der Waals surface area contributed by atoms with Gasteiger partial charge >= 0.3 is 0 Å². The fourth-order valence-corrected chi connectivity index (χ4v) is 1.89. The fourth-order valence-electron chi connectivity index (χ4n) is 1.72. The van der Waals surface area contributed by atoms with Gasteiger partial charge in [-0.05, 0) is 17.2 Å². The van der Waals surface area contributed by atoms with Crippen LogP contribution in [0.3, 0.4) is 0 Å². The molecule has 0 bridgehead atoms. The van der Waals surface area contributed by atoms with E-state index in [9.17, 15) is 15.0 Å². The Balaban J connectivity index is 2.31. The van der Waals surface area contributed by atoms with Crippen molar-refractivity contribution in [1.29, 1.82) is 0 Å². The van der Waals surface area contributed by atoms with Crippen LogP contribution in [0.5, 0.6) is 0 Å². The first-order chi connectivity index (χ1) is 7.63. The highest BCUT2D eigenvalue weighted by Gasteiger charge is 2.23. The van der Waals surface area contributed by atoms with E-state index in [0.717, 1.165) is 5.56 Å².